The predicted molar refractivity (Wildman–Crippen MR) is 82.0 cm³/mol. The molecule has 4 nitrogen and oxygen atoms in total. The third kappa shape index (κ3) is 2.05. The molecule has 0 radical (unpaired) electrons. The second kappa shape index (κ2) is 4.98. The number of carbonyl (C=O) groups excluding carboxylic acids is 1. The monoisotopic (exact) mass is 281 g/mol. The van der Waals surface area contributed by atoms with Crippen LogP contribution in [0.5, 0.6) is 11.5 Å². The fourth-order valence-corrected chi connectivity index (χ4v) is 2.60. The summed E-state index contributed by atoms with van der Waals surface area (Å²) in [5.74, 6) is 0.166. The van der Waals surface area contributed by atoms with Crippen molar-refractivity contribution < 1.29 is 14.6 Å². The molecule has 0 aliphatic carbocycles. The third-order valence-electron chi connectivity index (χ3n) is 3.66. The largest absolute Gasteiger partial charge is 0.504 e. The van der Waals surface area contributed by atoms with Crippen molar-refractivity contribution in [2.24, 2.45) is 7.05 Å². The molecule has 4 heteroatoms. The maximum atomic E-state index is 11.1. The Hall–Kier alpha value is -2.75. The van der Waals surface area contributed by atoms with E-state index in [0.717, 1.165) is 22.0 Å². The highest BCUT2D eigenvalue weighted by atomic mass is 16.5. The van der Waals surface area contributed by atoms with Gasteiger partial charge < -0.3 is 14.4 Å². The maximum Gasteiger partial charge on any atom is 0.168 e. The Labute approximate surface area is 122 Å². The van der Waals surface area contributed by atoms with Crippen LogP contribution in [0.1, 0.15) is 10.4 Å². The van der Waals surface area contributed by atoms with E-state index in [-0.39, 0.29) is 11.3 Å². The number of aryl methyl sites for hydroxylation is 1. The van der Waals surface area contributed by atoms with Gasteiger partial charge in [0.05, 0.1) is 12.7 Å². The van der Waals surface area contributed by atoms with Crippen molar-refractivity contribution in [3.05, 3.63) is 48.2 Å². The molecule has 0 saturated heterocycles. The summed E-state index contributed by atoms with van der Waals surface area (Å²) in [6.45, 7) is 0. The van der Waals surface area contributed by atoms with Crippen molar-refractivity contribution in [2.45, 2.75) is 0 Å². The van der Waals surface area contributed by atoms with Gasteiger partial charge in [-0.15, -0.1) is 0 Å². The quantitative estimate of drug-likeness (QED) is 0.749. The van der Waals surface area contributed by atoms with Gasteiger partial charge in [-0.05, 0) is 23.8 Å². The molecule has 0 bridgehead atoms. The molecule has 3 rings (SSSR count). The Morgan fingerprint density at radius 3 is 2.71 bits per heavy atom. The average Bonchev–Trinajstić information content (AvgIpc) is 2.85. The second-order valence-corrected chi connectivity index (χ2v) is 4.91. The number of benzene rings is 2. The number of hydrogen-bond donors (Lipinski definition) is 1. The maximum absolute atomic E-state index is 11.1. The summed E-state index contributed by atoms with van der Waals surface area (Å²) < 4.78 is 7.19. The summed E-state index contributed by atoms with van der Waals surface area (Å²) in [5, 5.41) is 11.0. The van der Waals surface area contributed by atoms with E-state index in [1.165, 1.54) is 7.11 Å². The van der Waals surface area contributed by atoms with E-state index < -0.39 is 0 Å². The molecule has 1 heterocycles. The standard InChI is InChI=1S/C17H15NO3/c1-18-9-14(13-5-3-4-6-15(13)18)11-7-12(10-19)17(20)16(8-11)21-2/h3-10,20H,1-2H3. The molecule has 1 N–H and O–H groups in total. The molecule has 0 unspecified atom stereocenters. The lowest BCUT2D eigenvalue weighted by molar-refractivity contribution is 0.112. The van der Waals surface area contributed by atoms with Crippen LogP contribution in [-0.2, 0) is 7.05 Å². The smallest absolute Gasteiger partial charge is 0.168 e. The number of phenols is 1. The van der Waals surface area contributed by atoms with Crippen LogP contribution in [0, 0.1) is 0 Å². The Balaban J connectivity index is 2.30. The Bertz CT molecular complexity index is 833. The zero-order valence-corrected chi connectivity index (χ0v) is 11.8. The number of para-hydroxylation sites is 1. The third-order valence-corrected chi connectivity index (χ3v) is 3.66. The molecule has 0 fully saturated rings. The predicted octanol–water partition coefficient (Wildman–Crippen LogP) is 3.37. The number of hydrogen-bond acceptors (Lipinski definition) is 3. The minimum atomic E-state index is -0.128. The molecule has 0 atom stereocenters. The number of aldehydes is 1. The minimum absolute atomic E-state index is 0.128. The number of nitrogens with zero attached hydrogens (tertiary/aromatic N) is 1. The van der Waals surface area contributed by atoms with E-state index in [9.17, 15) is 9.90 Å². The molecule has 3 aromatic rings. The van der Waals surface area contributed by atoms with Crippen LogP contribution < -0.4 is 4.74 Å². The molecule has 0 aliphatic rings. The zero-order chi connectivity index (χ0) is 15.0. The van der Waals surface area contributed by atoms with Gasteiger partial charge in [-0.25, -0.2) is 0 Å². The number of ether oxygens (including phenoxy) is 1. The van der Waals surface area contributed by atoms with E-state index in [2.05, 4.69) is 0 Å². The topological polar surface area (TPSA) is 51.5 Å². The van der Waals surface area contributed by atoms with E-state index in [1.54, 1.807) is 12.1 Å². The molecule has 0 spiro atoms. The van der Waals surface area contributed by atoms with Gasteiger partial charge in [0.2, 0.25) is 0 Å². The van der Waals surface area contributed by atoms with Crippen LogP contribution in [0.15, 0.2) is 42.6 Å². The first-order valence-electron chi connectivity index (χ1n) is 6.56. The first-order valence-corrected chi connectivity index (χ1v) is 6.56. The lowest BCUT2D eigenvalue weighted by Gasteiger charge is -2.08. The molecule has 0 amide bonds. The van der Waals surface area contributed by atoms with Crippen molar-refractivity contribution in [1.29, 1.82) is 0 Å². The highest BCUT2D eigenvalue weighted by Gasteiger charge is 2.14. The molecule has 0 saturated carbocycles. The summed E-state index contributed by atoms with van der Waals surface area (Å²) in [6, 6.07) is 11.4. The SMILES string of the molecule is COc1cc(-c2cn(C)c3ccccc23)cc(C=O)c1O. The number of phenolic OH excluding ortho intramolecular Hbond substituents is 1. The van der Waals surface area contributed by atoms with E-state index >= 15 is 0 Å². The number of fused-ring (bicyclic) bond motifs is 1. The average molecular weight is 281 g/mol. The zero-order valence-electron chi connectivity index (χ0n) is 11.8. The van der Waals surface area contributed by atoms with Gasteiger partial charge in [-0.2, -0.15) is 0 Å². The number of rotatable bonds is 3. The van der Waals surface area contributed by atoms with Crippen molar-refractivity contribution in [3.8, 4) is 22.6 Å². The summed E-state index contributed by atoms with van der Waals surface area (Å²) in [5.41, 5.74) is 3.16. The molecular weight excluding hydrogens is 266 g/mol. The Morgan fingerprint density at radius 2 is 2.00 bits per heavy atom. The van der Waals surface area contributed by atoms with E-state index in [0.29, 0.717) is 12.0 Å². The lowest BCUT2D eigenvalue weighted by atomic mass is 10.0. The lowest BCUT2D eigenvalue weighted by Crippen LogP contribution is -1.90. The van der Waals surface area contributed by atoms with Gasteiger partial charge in [0.25, 0.3) is 0 Å². The van der Waals surface area contributed by atoms with Crippen molar-refractivity contribution in [2.75, 3.05) is 7.11 Å². The van der Waals surface area contributed by atoms with Crippen LogP contribution >= 0.6 is 0 Å². The number of methoxy groups -OCH3 is 1. The Morgan fingerprint density at radius 1 is 1.24 bits per heavy atom. The van der Waals surface area contributed by atoms with Crippen molar-refractivity contribution in [1.82, 2.24) is 4.57 Å². The highest BCUT2D eigenvalue weighted by Crippen LogP contribution is 2.37. The molecule has 1 aromatic heterocycles. The van der Waals surface area contributed by atoms with Crippen molar-refractivity contribution >= 4 is 17.2 Å². The van der Waals surface area contributed by atoms with Crippen LogP contribution in [0.4, 0.5) is 0 Å². The first-order chi connectivity index (χ1) is 10.2. The second-order valence-electron chi connectivity index (χ2n) is 4.91. The van der Waals surface area contributed by atoms with Crippen LogP contribution in [0.25, 0.3) is 22.0 Å². The van der Waals surface area contributed by atoms with E-state index in [4.69, 9.17) is 4.74 Å². The van der Waals surface area contributed by atoms with Gasteiger partial charge in [-0.1, -0.05) is 18.2 Å². The van der Waals surface area contributed by atoms with Gasteiger partial charge in [0.1, 0.15) is 0 Å². The van der Waals surface area contributed by atoms with Crippen LogP contribution in [0.3, 0.4) is 0 Å². The van der Waals surface area contributed by atoms with Gasteiger partial charge >= 0.3 is 0 Å². The van der Waals surface area contributed by atoms with Crippen LogP contribution in [0.2, 0.25) is 0 Å². The summed E-state index contributed by atoms with van der Waals surface area (Å²) in [6.07, 6.45) is 2.64. The normalized spacial score (nSPS) is 10.8. The Kier molecular flexibility index (Phi) is 3.14. The molecule has 21 heavy (non-hydrogen) atoms. The summed E-state index contributed by atoms with van der Waals surface area (Å²) >= 11 is 0. The highest BCUT2D eigenvalue weighted by molar-refractivity contribution is 5.97. The summed E-state index contributed by atoms with van der Waals surface area (Å²) in [4.78, 5) is 11.1. The number of aromatic nitrogens is 1. The van der Waals surface area contributed by atoms with Gasteiger partial charge in [-0.3, -0.25) is 4.79 Å². The fraction of sp³-hybridized carbons (Fsp3) is 0.118. The van der Waals surface area contributed by atoms with Gasteiger partial charge in [0.15, 0.2) is 17.8 Å². The summed E-state index contributed by atoms with van der Waals surface area (Å²) in [7, 11) is 3.45. The molecule has 2 aromatic carbocycles. The number of aromatic hydroxyl groups is 1. The van der Waals surface area contributed by atoms with Gasteiger partial charge in [0, 0.05) is 29.7 Å². The first kappa shape index (κ1) is 13.2. The number of carbonyl (C=O) groups is 1. The molecule has 106 valence electrons. The molecule has 0 aliphatic heterocycles. The van der Waals surface area contributed by atoms with Crippen LogP contribution in [-0.4, -0.2) is 23.1 Å². The minimum Gasteiger partial charge on any atom is -0.504 e. The van der Waals surface area contributed by atoms with E-state index in [1.807, 2.05) is 42.1 Å². The molecular formula is C17H15NO3. The van der Waals surface area contributed by atoms with Crippen molar-refractivity contribution in [3.63, 3.8) is 0 Å². The fourth-order valence-electron chi connectivity index (χ4n) is 2.60.